The van der Waals surface area contributed by atoms with E-state index in [0.29, 0.717) is 16.4 Å². The van der Waals surface area contributed by atoms with Crippen molar-refractivity contribution in [3.05, 3.63) is 35.3 Å². The number of urea groups is 1. The van der Waals surface area contributed by atoms with Crippen molar-refractivity contribution in [2.75, 3.05) is 19.0 Å². The lowest BCUT2D eigenvalue weighted by atomic mass is 10.1. The van der Waals surface area contributed by atoms with Crippen LogP contribution in [-0.2, 0) is 0 Å². The summed E-state index contributed by atoms with van der Waals surface area (Å²) in [5.74, 6) is 0.575. The van der Waals surface area contributed by atoms with Crippen molar-refractivity contribution in [1.82, 2.24) is 15.5 Å². The maximum absolute atomic E-state index is 11.6. The van der Waals surface area contributed by atoms with Crippen LogP contribution in [0.25, 0.3) is 0 Å². The van der Waals surface area contributed by atoms with Crippen molar-refractivity contribution >= 4 is 22.5 Å². The van der Waals surface area contributed by atoms with E-state index in [1.807, 2.05) is 6.07 Å². The average Bonchev–Trinajstić information content (AvgIpc) is 2.97. The lowest BCUT2D eigenvalue weighted by Gasteiger charge is -2.15. The number of benzene rings is 1. The molecule has 2 aromatic rings. The van der Waals surface area contributed by atoms with E-state index in [0.717, 1.165) is 0 Å². The first-order valence-corrected chi connectivity index (χ1v) is 6.70. The molecule has 8 heteroatoms. The van der Waals surface area contributed by atoms with Crippen LogP contribution in [0.4, 0.5) is 9.93 Å². The van der Waals surface area contributed by atoms with Crippen LogP contribution in [0.2, 0.25) is 0 Å². The van der Waals surface area contributed by atoms with Crippen molar-refractivity contribution in [3.8, 4) is 5.75 Å². The fourth-order valence-corrected chi connectivity index (χ4v) is 2.05. The van der Waals surface area contributed by atoms with Gasteiger partial charge in [0.05, 0.1) is 13.2 Å². The lowest BCUT2D eigenvalue weighted by Crippen LogP contribution is -2.32. The molecular formula is C12H14N4O3S. The fraction of sp³-hybridized carbons (Fsp3) is 0.250. The molecule has 0 saturated carbocycles. The molecule has 1 aromatic carbocycles. The summed E-state index contributed by atoms with van der Waals surface area (Å²) in [6.45, 7) is 0.0605. The molecule has 0 radical (unpaired) electrons. The van der Waals surface area contributed by atoms with Crippen LogP contribution in [0.15, 0.2) is 29.8 Å². The summed E-state index contributed by atoms with van der Waals surface area (Å²) in [4.78, 5) is 11.6. The highest BCUT2D eigenvalue weighted by molar-refractivity contribution is 7.13. The number of rotatable bonds is 5. The van der Waals surface area contributed by atoms with Crippen LogP contribution in [0.1, 0.15) is 11.7 Å². The number of para-hydroxylation sites is 1. The van der Waals surface area contributed by atoms with E-state index in [1.54, 1.807) is 18.2 Å². The highest BCUT2D eigenvalue weighted by Crippen LogP contribution is 2.23. The van der Waals surface area contributed by atoms with Gasteiger partial charge in [-0.2, -0.15) is 0 Å². The van der Waals surface area contributed by atoms with E-state index in [4.69, 9.17) is 4.74 Å². The van der Waals surface area contributed by atoms with Crippen molar-refractivity contribution in [2.24, 2.45) is 0 Å². The predicted octanol–water partition coefficient (Wildman–Crippen LogP) is 1.40. The van der Waals surface area contributed by atoms with Crippen LogP contribution in [0.5, 0.6) is 5.75 Å². The zero-order valence-corrected chi connectivity index (χ0v) is 11.6. The number of nitrogens with zero attached hydrogens (tertiary/aromatic N) is 2. The molecule has 1 atom stereocenters. The number of nitrogens with one attached hydrogen (secondary N) is 2. The van der Waals surface area contributed by atoms with Gasteiger partial charge in [0, 0.05) is 12.1 Å². The maximum Gasteiger partial charge on any atom is 0.321 e. The van der Waals surface area contributed by atoms with Crippen LogP contribution in [0, 0.1) is 0 Å². The molecule has 0 bridgehead atoms. The summed E-state index contributed by atoms with van der Waals surface area (Å²) in [5.41, 5.74) is 2.13. The number of methoxy groups -OCH3 is 1. The summed E-state index contributed by atoms with van der Waals surface area (Å²) in [5, 5.41) is 22.8. The van der Waals surface area contributed by atoms with Gasteiger partial charge >= 0.3 is 6.03 Å². The molecule has 7 nitrogen and oxygen atoms in total. The second-order valence-corrected chi connectivity index (χ2v) is 4.67. The topological polar surface area (TPSA) is 96.4 Å². The SMILES string of the molecule is COc1ccccc1[C@H](O)CNC(=O)Nc1nncs1. The number of aliphatic hydroxyl groups excluding tert-OH is 1. The van der Waals surface area contributed by atoms with Gasteiger partial charge in [0.15, 0.2) is 0 Å². The number of hydrogen-bond donors (Lipinski definition) is 3. The van der Waals surface area contributed by atoms with E-state index >= 15 is 0 Å². The molecule has 0 fully saturated rings. The lowest BCUT2D eigenvalue weighted by molar-refractivity contribution is 0.171. The van der Waals surface area contributed by atoms with Crippen molar-refractivity contribution in [3.63, 3.8) is 0 Å². The minimum atomic E-state index is -0.855. The molecule has 0 aliphatic heterocycles. The minimum absolute atomic E-state index is 0.0605. The quantitative estimate of drug-likeness (QED) is 0.774. The molecule has 106 valence electrons. The summed E-state index contributed by atoms with van der Waals surface area (Å²) in [7, 11) is 1.53. The van der Waals surface area contributed by atoms with Gasteiger partial charge in [-0.3, -0.25) is 5.32 Å². The molecule has 0 unspecified atom stereocenters. The average molecular weight is 294 g/mol. The Hall–Kier alpha value is -2.19. The van der Waals surface area contributed by atoms with E-state index in [2.05, 4.69) is 20.8 Å². The van der Waals surface area contributed by atoms with Gasteiger partial charge in [0.2, 0.25) is 5.13 Å². The Morgan fingerprint density at radius 2 is 2.30 bits per heavy atom. The third-order valence-electron chi connectivity index (χ3n) is 2.53. The number of amides is 2. The van der Waals surface area contributed by atoms with Crippen LogP contribution < -0.4 is 15.4 Å². The second-order valence-electron chi connectivity index (χ2n) is 3.84. The van der Waals surface area contributed by atoms with E-state index in [1.165, 1.54) is 24.0 Å². The molecule has 3 N–H and O–H groups in total. The first-order valence-electron chi connectivity index (χ1n) is 5.82. The number of carbonyl (C=O) groups excluding carboxylic acids is 1. The molecule has 20 heavy (non-hydrogen) atoms. The van der Waals surface area contributed by atoms with Crippen molar-refractivity contribution < 1.29 is 14.6 Å². The van der Waals surface area contributed by atoms with Gasteiger partial charge in [0.1, 0.15) is 11.3 Å². The number of hydrogen-bond acceptors (Lipinski definition) is 6. The largest absolute Gasteiger partial charge is 0.496 e. The molecule has 2 rings (SSSR count). The van der Waals surface area contributed by atoms with Crippen molar-refractivity contribution in [2.45, 2.75) is 6.10 Å². The Morgan fingerprint density at radius 1 is 1.50 bits per heavy atom. The summed E-state index contributed by atoms with van der Waals surface area (Å²) in [6.07, 6.45) is -0.855. The summed E-state index contributed by atoms with van der Waals surface area (Å²) in [6, 6.07) is 6.65. The Labute approximate surface area is 119 Å². The zero-order valence-electron chi connectivity index (χ0n) is 10.7. The zero-order chi connectivity index (χ0) is 14.4. The molecule has 1 aromatic heterocycles. The van der Waals surface area contributed by atoms with E-state index in [-0.39, 0.29) is 6.54 Å². The molecule has 0 aliphatic rings. The van der Waals surface area contributed by atoms with Gasteiger partial charge in [-0.15, -0.1) is 10.2 Å². The standard InChI is InChI=1S/C12H14N4O3S/c1-19-10-5-3-2-4-8(10)9(17)6-13-11(18)15-12-16-14-7-20-12/h2-5,7,9,17H,6H2,1H3,(H2,13,15,16,18)/t9-/m1/s1. The number of aromatic nitrogens is 2. The van der Waals surface area contributed by atoms with Gasteiger partial charge in [-0.1, -0.05) is 29.5 Å². The fourth-order valence-electron chi connectivity index (χ4n) is 1.61. The van der Waals surface area contributed by atoms with Gasteiger partial charge in [-0.25, -0.2) is 4.79 Å². The summed E-state index contributed by atoms with van der Waals surface area (Å²) < 4.78 is 5.15. The molecule has 0 spiro atoms. The van der Waals surface area contributed by atoms with Crippen LogP contribution in [0.3, 0.4) is 0 Å². The molecule has 0 saturated heterocycles. The Balaban J connectivity index is 1.88. The Morgan fingerprint density at radius 3 is 3.00 bits per heavy atom. The first-order chi connectivity index (χ1) is 9.70. The number of carbonyl (C=O) groups is 1. The Kier molecular flexibility index (Phi) is 4.85. The van der Waals surface area contributed by atoms with Crippen molar-refractivity contribution in [1.29, 1.82) is 0 Å². The molecule has 2 amide bonds. The smallest absolute Gasteiger partial charge is 0.321 e. The number of aliphatic hydroxyl groups is 1. The maximum atomic E-state index is 11.6. The van der Waals surface area contributed by atoms with Crippen LogP contribution in [-0.4, -0.2) is 35.0 Å². The normalized spacial score (nSPS) is 11.7. The first kappa shape index (κ1) is 14.2. The highest BCUT2D eigenvalue weighted by Gasteiger charge is 2.14. The van der Waals surface area contributed by atoms with Gasteiger partial charge in [-0.05, 0) is 6.07 Å². The van der Waals surface area contributed by atoms with Gasteiger partial charge < -0.3 is 15.2 Å². The molecule has 1 heterocycles. The number of ether oxygens (including phenoxy) is 1. The highest BCUT2D eigenvalue weighted by atomic mass is 32.1. The molecule has 0 aliphatic carbocycles. The predicted molar refractivity (Wildman–Crippen MR) is 74.9 cm³/mol. The Bertz CT molecular complexity index is 562. The van der Waals surface area contributed by atoms with E-state index in [9.17, 15) is 9.90 Å². The molecular weight excluding hydrogens is 280 g/mol. The second kappa shape index (κ2) is 6.83. The monoisotopic (exact) mass is 294 g/mol. The van der Waals surface area contributed by atoms with E-state index < -0.39 is 12.1 Å². The van der Waals surface area contributed by atoms with Gasteiger partial charge in [0.25, 0.3) is 0 Å². The third-order valence-corrected chi connectivity index (χ3v) is 3.14. The number of anilines is 1. The van der Waals surface area contributed by atoms with Crippen LogP contribution >= 0.6 is 11.3 Å². The minimum Gasteiger partial charge on any atom is -0.496 e. The summed E-state index contributed by atoms with van der Waals surface area (Å²) >= 11 is 1.21. The third kappa shape index (κ3) is 3.65.